The predicted molar refractivity (Wildman–Crippen MR) is 101 cm³/mol. The van der Waals surface area contributed by atoms with Crippen LogP contribution < -0.4 is 15.0 Å². The maximum absolute atomic E-state index is 12.0. The number of nitro groups is 1. The van der Waals surface area contributed by atoms with Gasteiger partial charge in [-0.25, -0.2) is 0 Å². The lowest BCUT2D eigenvalue weighted by Crippen LogP contribution is -2.23. The lowest BCUT2D eigenvalue weighted by molar-refractivity contribution is -0.384. The van der Waals surface area contributed by atoms with Gasteiger partial charge in [0, 0.05) is 37.6 Å². The lowest BCUT2D eigenvalue weighted by Gasteiger charge is -2.18. The van der Waals surface area contributed by atoms with Crippen LogP contribution in [0.4, 0.5) is 17.1 Å². The topological polar surface area (TPSA) is 97.1 Å². The summed E-state index contributed by atoms with van der Waals surface area (Å²) in [7, 11) is 3.64. The van der Waals surface area contributed by atoms with Gasteiger partial charge in [-0.05, 0) is 43.3 Å². The van der Waals surface area contributed by atoms with Crippen LogP contribution in [-0.4, -0.2) is 37.4 Å². The molecule has 0 heterocycles. The van der Waals surface area contributed by atoms with Crippen molar-refractivity contribution in [1.29, 1.82) is 0 Å². The van der Waals surface area contributed by atoms with Gasteiger partial charge in [-0.15, -0.1) is 0 Å². The highest BCUT2D eigenvalue weighted by Gasteiger charge is 2.08. The molecule has 0 aliphatic rings. The SMILES string of the molecule is CN=C(C)N(C)c1ccc(NC(=O)COc2ccc([N+](=O)[O-])cc2)cc1. The quantitative estimate of drug-likeness (QED) is 0.371. The number of carbonyl (C=O) groups excluding carboxylic acids is 1. The number of carbonyl (C=O) groups is 1. The van der Waals surface area contributed by atoms with Crippen molar-refractivity contribution in [2.75, 3.05) is 30.9 Å². The number of benzene rings is 2. The Labute approximate surface area is 151 Å². The number of rotatable bonds is 6. The number of nitrogens with one attached hydrogen (secondary N) is 1. The second kappa shape index (κ2) is 8.61. The van der Waals surface area contributed by atoms with Crippen LogP contribution in [-0.2, 0) is 4.79 Å². The van der Waals surface area contributed by atoms with Crippen LogP contribution in [0.1, 0.15) is 6.92 Å². The number of anilines is 2. The molecule has 0 saturated heterocycles. The average molecular weight is 356 g/mol. The van der Waals surface area contributed by atoms with Crippen molar-refractivity contribution in [1.82, 2.24) is 0 Å². The van der Waals surface area contributed by atoms with E-state index < -0.39 is 4.92 Å². The summed E-state index contributed by atoms with van der Waals surface area (Å²) in [5.41, 5.74) is 1.56. The number of amides is 1. The van der Waals surface area contributed by atoms with E-state index in [9.17, 15) is 14.9 Å². The molecule has 2 aromatic rings. The lowest BCUT2D eigenvalue weighted by atomic mass is 10.2. The summed E-state index contributed by atoms with van der Waals surface area (Å²) in [6, 6.07) is 12.9. The number of amidine groups is 1. The van der Waals surface area contributed by atoms with Crippen LogP contribution in [0, 0.1) is 10.1 Å². The molecule has 0 saturated carbocycles. The Bertz CT molecular complexity index is 801. The van der Waals surface area contributed by atoms with E-state index in [1.165, 1.54) is 24.3 Å². The van der Waals surface area contributed by atoms with Crippen LogP contribution >= 0.6 is 0 Å². The van der Waals surface area contributed by atoms with Crippen molar-refractivity contribution in [2.45, 2.75) is 6.92 Å². The first-order valence-corrected chi connectivity index (χ1v) is 7.85. The van der Waals surface area contributed by atoms with Crippen LogP contribution in [0.5, 0.6) is 5.75 Å². The third-order valence-electron chi connectivity index (χ3n) is 3.76. The number of hydrogen-bond donors (Lipinski definition) is 1. The van der Waals surface area contributed by atoms with Crippen molar-refractivity contribution in [3.8, 4) is 5.75 Å². The molecule has 8 heteroatoms. The zero-order valence-corrected chi connectivity index (χ0v) is 14.8. The third kappa shape index (κ3) is 5.04. The van der Waals surface area contributed by atoms with E-state index in [0.29, 0.717) is 11.4 Å². The van der Waals surface area contributed by atoms with Crippen LogP contribution in [0.25, 0.3) is 0 Å². The van der Waals surface area contributed by atoms with E-state index in [1.807, 2.05) is 31.0 Å². The Balaban J connectivity index is 1.88. The summed E-state index contributed by atoms with van der Waals surface area (Å²) in [5.74, 6) is 0.936. The van der Waals surface area contributed by atoms with E-state index in [0.717, 1.165) is 11.5 Å². The van der Waals surface area contributed by atoms with Gasteiger partial charge in [0.25, 0.3) is 11.6 Å². The van der Waals surface area contributed by atoms with E-state index in [-0.39, 0.29) is 18.2 Å². The Morgan fingerprint density at radius 2 is 1.81 bits per heavy atom. The first-order valence-electron chi connectivity index (χ1n) is 7.85. The number of ether oxygens (including phenoxy) is 1. The van der Waals surface area contributed by atoms with Gasteiger partial charge in [0.2, 0.25) is 0 Å². The molecule has 0 fully saturated rings. The number of nitrogens with zero attached hydrogens (tertiary/aromatic N) is 3. The highest BCUT2D eigenvalue weighted by Crippen LogP contribution is 2.19. The molecule has 1 N–H and O–H groups in total. The number of hydrogen-bond acceptors (Lipinski definition) is 5. The minimum absolute atomic E-state index is 0.0322. The smallest absolute Gasteiger partial charge is 0.269 e. The molecule has 0 bridgehead atoms. The normalized spacial score (nSPS) is 11.0. The summed E-state index contributed by atoms with van der Waals surface area (Å²) in [6.45, 7) is 1.71. The van der Waals surface area contributed by atoms with Gasteiger partial charge < -0.3 is 15.0 Å². The zero-order chi connectivity index (χ0) is 19.1. The maximum Gasteiger partial charge on any atom is 0.269 e. The van der Waals surface area contributed by atoms with Crippen molar-refractivity contribution < 1.29 is 14.5 Å². The summed E-state index contributed by atoms with van der Waals surface area (Å²) in [6.07, 6.45) is 0. The highest BCUT2D eigenvalue weighted by molar-refractivity contribution is 5.96. The van der Waals surface area contributed by atoms with Crippen molar-refractivity contribution in [3.63, 3.8) is 0 Å². The molecular weight excluding hydrogens is 336 g/mol. The molecule has 0 spiro atoms. The maximum atomic E-state index is 12.0. The van der Waals surface area contributed by atoms with Gasteiger partial charge in [0.05, 0.1) is 10.8 Å². The minimum atomic E-state index is -0.495. The van der Waals surface area contributed by atoms with Gasteiger partial charge in [0.1, 0.15) is 5.75 Å². The largest absolute Gasteiger partial charge is 0.484 e. The fraction of sp³-hybridized carbons (Fsp3) is 0.222. The van der Waals surface area contributed by atoms with Crippen molar-refractivity contribution in [3.05, 3.63) is 58.6 Å². The van der Waals surface area contributed by atoms with Gasteiger partial charge in [-0.3, -0.25) is 19.9 Å². The van der Waals surface area contributed by atoms with Crippen molar-refractivity contribution in [2.24, 2.45) is 4.99 Å². The molecule has 2 rings (SSSR count). The summed E-state index contributed by atoms with van der Waals surface area (Å²) < 4.78 is 5.32. The van der Waals surface area contributed by atoms with E-state index in [4.69, 9.17) is 4.74 Å². The van der Waals surface area contributed by atoms with Gasteiger partial charge >= 0.3 is 0 Å². The van der Waals surface area contributed by atoms with Gasteiger partial charge in [0.15, 0.2) is 6.61 Å². The molecule has 0 unspecified atom stereocenters. The van der Waals surface area contributed by atoms with Crippen LogP contribution in [0.15, 0.2) is 53.5 Å². The molecular formula is C18H20N4O4. The fourth-order valence-electron chi connectivity index (χ4n) is 2.12. The second-order valence-electron chi connectivity index (χ2n) is 5.46. The van der Waals surface area contributed by atoms with Crippen molar-refractivity contribution >= 4 is 28.8 Å². The van der Waals surface area contributed by atoms with E-state index in [2.05, 4.69) is 10.3 Å². The Kier molecular flexibility index (Phi) is 6.26. The van der Waals surface area contributed by atoms with Gasteiger partial charge in [-0.2, -0.15) is 0 Å². The fourth-order valence-corrected chi connectivity index (χ4v) is 2.12. The monoisotopic (exact) mass is 356 g/mol. The summed E-state index contributed by atoms with van der Waals surface area (Å²) in [5, 5.41) is 13.3. The highest BCUT2D eigenvalue weighted by atomic mass is 16.6. The molecule has 0 aliphatic carbocycles. The molecule has 0 aliphatic heterocycles. The van der Waals surface area contributed by atoms with Crippen LogP contribution in [0.2, 0.25) is 0 Å². The molecule has 8 nitrogen and oxygen atoms in total. The summed E-state index contributed by atoms with van der Waals surface area (Å²) in [4.78, 5) is 28.1. The third-order valence-corrected chi connectivity index (χ3v) is 3.76. The Morgan fingerprint density at radius 1 is 1.19 bits per heavy atom. The minimum Gasteiger partial charge on any atom is -0.484 e. The molecule has 0 atom stereocenters. The number of non-ortho nitro benzene ring substituents is 1. The molecule has 136 valence electrons. The molecule has 0 radical (unpaired) electrons. The molecule has 1 amide bonds. The Hall–Kier alpha value is -3.42. The standard InChI is InChI=1S/C18H20N4O4/c1-13(19-2)21(3)15-6-4-14(5-7-15)20-18(23)12-26-17-10-8-16(9-11-17)22(24)25/h4-11H,12H2,1-3H3,(H,20,23). The van der Waals surface area contributed by atoms with Crippen LogP contribution in [0.3, 0.4) is 0 Å². The molecule has 2 aromatic carbocycles. The number of aliphatic imine (C=N–C) groups is 1. The average Bonchev–Trinajstić information content (AvgIpc) is 2.66. The van der Waals surface area contributed by atoms with Gasteiger partial charge in [-0.1, -0.05) is 0 Å². The first-order chi connectivity index (χ1) is 12.4. The summed E-state index contributed by atoms with van der Waals surface area (Å²) >= 11 is 0. The number of nitro benzene ring substituents is 1. The van der Waals surface area contributed by atoms with E-state index >= 15 is 0 Å². The second-order valence-corrected chi connectivity index (χ2v) is 5.46. The predicted octanol–water partition coefficient (Wildman–Crippen LogP) is 3.10. The Morgan fingerprint density at radius 3 is 2.35 bits per heavy atom. The molecule has 26 heavy (non-hydrogen) atoms. The molecule has 0 aromatic heterocycles. The van der Waals surface area contributed by atoms with E-state index in [1.54, 1.807) is 19.2 Å². The first kappa shape index (κ1) is 18.9. The zero-order valence-electron chi connectivity index (χ0n) is 14.8.